The van der Waals surface area contributed by atoms with Crippen molar-refractivity contribution in [3.8, 4) is 0 Å². The van der Waals surface area contributed by atoms with Crippen LogP contribution in [0.1, 0.15) is 32.1 Å². The maximum atomic E-state index is 12.3. The van der Waals surface area contributed by atoms with E-state index in [1.807, 2.05) is 12.1 Å². The molecule has 1 rings (SSSR count). The van der Waals surface area contributed by atoms with Crippen molar-refractivity contribution in [1.29, 1.82) is 0 Å². The zero-order valence-corrected chi connectivity index (χ0v) is 14.3. The molecule has 0 unspecified atom stereocenters. The summed E-state index contributed by atoms with van der Waals surface area (Å²) in [6.45, 7) is 5.75. The highest BCUT2D eigenvalue weighted by Crippen LogP contribution is 2.34. The van der Waals surface area contributed by atoms with Crippen molar-refractivity contribution < 1.29 is 19.1 Å². The second-order valence-electron chi connectivity index (χ2n) is 4.26. The van der Waals surface area contributed by atoms with Crippen LogP contribution in [0.15, 0.2) is 15.9 Å². The fraction of sp³-hybridized carbons (Fsp3) is 0.571. The summed E-state index contributed by atoms with van der Waals surface area (Å²) in [5.74, 6) is -1.02. The molecular weight excluding hydrogens is 344 g/mol. The van der Waals surface area contributed by atoms with E-state index in [4.69, 9.17) is 9.47 Å². The van der Waals surface area contributed by atoms with E-state index in [1.54, 1.807) is 20.8 Å². The third-order valence-electron chi connectivity index (χ3n) is 3.04. The van der Waals surface area contributed by atoms with Gasteiger partial charge in [-0.25, -0.2) is 0 Å². The van der Waals surface area contributed by atoms with Crippen LogP contribution in [-0.2, 0) is 25.5 Å². The predicted molar refractivity (Wildman–Crippen MR) is 81.7 cm³/mol. The van der Waals surface area contributed by atoms with Crippen molar-refractivity contribution in [2.45, 2.75) is 33.6 Å². The number of carbonyl (C=O) groups excluding carboxylic acids is 2. The second kappa shape index (κ2) is 7.78. The first-order valence-corrected chi connectivity index (χ1v) is 8.19. The topological polar surface area (TPSA) is 52.6 Å². The molecule has 0 atom stereocenters. The average molecular weight is 363 g/mol. The molecule has 0 N–H and O–H groups in total. The summed E-state index contributed by atoms with van der Waals surface area (Å²) in [4.78, 5) is 25.5. The SMILES string of the molecule is CCOC(=O)C(CC)(Cc1ccc(Br)s1)C(=O)OCC. The summed E-state index contributed by atoms with van der Waals surface area (Å²) in [7, 11) is 0. The first-order chi connectivity index (χ1) is 9.50. The van der Waals surface area contributed by atoms with Crippen molar-refractivity contribution in [3.05, 3.63) is 20.8 Å². The Morgan fingerprint density at radius 1 is 1.15 bits per heavy atom. The van der Waals surface area contributed by atoms with E-state index in [-0.39, 0.29) is 13.2 Å². The van der Waals surface area contributed by atoms with Gasteiger partial charge < -0.3 is 9.47 Å². The van der Waals surface area contributed by atoms with Crippen molar-refractivity contribution in [2.75, 3.05) is 13.2 Å². The van der Waals surface area contributed by atoms with E-state index in [1.165, 1.54) is 11.3 Å². The predicted octanol–water partition coefficient (Wildman–Crippen LogP) is 3.58. The van der Waals surface area contributed by atoms with Crippen molar-refractivity contribution in [2.24, 2.45) is 5.41 Å². The molecular formula is C14H19BrO4S. The van der Waals surface area contributed by atoms with Gasteiger partial charge in [-0.3, -0.25) is 9.59 Å². The Morgan fingerprint density at radius 3 is 2.05 bits per heavy atom. The summed E-state index contributed by atoms with van der Waals surface area (Å²) in [6, 6.07) is 3.80. The van der Waals surface area contributed by atoms with Gasteiger partial charge in [0.25, 0.3) is 0 Å². The number of carbonyl (C=O) groups is 2. The number of esters is 2. The number of ether oxygens (including phenoxy) is 2. The summed E-state index contributed by atoms with van der Waals surface area (Å²) in [5.41, 5.74) is -1.25. The lowest BCUT2D eigenvalue weighted by Gasteiger charge is -2.27. The van der Waals surface area contributed by atoms with Gasteiger partial charge in [-0.2, -0.15) is 0 Å². The van der Waals surface area contributed by atoms with E-state index < -0.39 is 17.4 Å². The third kappa shape index (κ3) is 3.82. The standard InChI is InChI=1S/C14H19BrO4S/c1-4-14(12(16)18-5-2,13(17)19-6-3)9-10-7-8-11(15)20-10/h7-8H,4-6,9H2,1-3H3. The quantitative estimate of drug-likeness (QED) is 0.549. The average Bonchev–Trinajstić information content (AvgIpc) is 2.81. The molecule has 0 amide bonds. The van der Waals surface area contributed by atoms with Crippen LogP contribution in [0.5, 0.6) is 0 Å². The van der Waals surface area contributed by atoms with Gasteiger partial charge in [0.15, 0.2) is 5.41 Å². The molecule has 0 aliphatic rings. The Morgan fingerprint density at radius 2 is 1.70 bits per heavy atom. The lowest BCUT2D eigenvalue weighted by molar-refractivity contribution is -0.172. The molecule has 20 heavy (non-hydrogen) atoms. The molecule has 0 radical (unpaired) electrons. The first-order valence-electron chi connectivity index (χ1n) is 6.58. The van der Waals surface area contributed by atoms with Crippen LogP contribution in [0.4, 0.5) is 0 Å². The van der Waals surface area contributed by atoms with Gasteiger partial charge in [-0.05, 0) is 48.3 Å². The molecule has 0 saturated heterocycles. The van der Waals surface area contributed by atoms with Gasteiger partial charge >= 0.3 is 11.9 Å². The van der Waals surface area contributed by atoms with Crippen molar-refractivity contribution in [1.82, 2.24) is 0 Å². The van der Waals surface area contributed by atoms with Crippen LogP contribution >= 0.6 is 27.3 Å². The number of thiophene rings is 1. The van der Waals surface area contributed by atoms with Crippen molar-refractivity contribution >= 4 is 39.2 Å². The lowest BCUT2D eigenvalue weighted by Crippen LogP contribution is -2.43. The molecule has 1 aromatic heterocycles. The van der Waals surface area contributed by atoms with Crippen LogP contribution in [0.2, 0.25) is 0 Å². The van der Waals surface area contributed by atoms with Crippen LogP contribution in [0, 0.1) is 5.41 Å². The molecule has 6 heteroatoms. The fourth-order valence-electron chi connectivity index (χ4n) is 1.92. The minimum Gasteiger partial charge on any atom is -0.465 e. The Labute approximate surface area is 131 Å². The third-order valence-corrected chi connectivity index (χ3v) is 4.66. The summed E-state index contributed by atoms with van der Waals surface area (Å²) < 4.78 is 11.2. The molecule has 4 nitrogen and oxygen atoms in total. The molecule has 112 valence electrons. The Bertz CT molecular complexity index is 451. The molecule has 0 aliphatic carbocycles. The van der Waals surface area contributed by atoms with E-state index in [2.05, 4.69) is 15.9 Å². The largest absolute Gasteiger partial charge is 0.465 e. The van der Waals surface area contributed by atoms with E-state index in [0.29, 0.717) is 12.8 Å². The second-order valence-corrected chi connectivity index (χ2v) is 6.81. The van der Waals surface area contributed by atoms with E-state index in [0.717, 1.165) is 8.66 Å². The van der Waals surface area contributed by atoms with Crippen LogP contribution in [-0.4, -0.2) is 25.2 Å². The van der Waals surface area contributed by atoms with Gasteiger partial charge in [0.2, 0.25) is 0 Å². The Hall–Kier alpha value is -0.880. The maximum Gasteiger partial charge on any atom is 0.323 e. The fourth-order valence-corrected chi connectivity index (χ4v) is 3.52. The molecule has 0 aliphatic heterocycles. The monoisotopic (exact) mass is 362 g/mol. The molecule has 0 bridgehead atoms. The molecule has 1 heterocycles. The first kappa shape index (κ1) is 17.2. The number of halogens is 1. The number of hydrogen-bond donors (Lipinski definition) is 0. The molecule has 0 spiro atoms. The van der Waals surface area contributed by atoms with Crippen molar-refractivity contribution in [3.63, 3.8) is 0 Å². The lowest BCUT2D eigenvalue weighted by atomic mass is 9.81. The zero-order chi connectivity index (χ0) is 15.2. The Kier molecular flexibility index (Phi) is 6.68. The molecule has 0 aromatic carbocycles. The summed E-state index contributed by atoms with van der Waals surface area (Å²) >= 11 is 4.89. The number of hydrogen-bond acceptors (Lipinski definition) is 5. The summed E-state index contributed by atoms with van der Waals surface area (Å²) in [5, 5.41) is 0. The van der Waals surface area contributed by atoms with Gasteiger partial charge in [0, 0.05) is 11.3 Å². The normalized spacial score (nSPS) is 11.2. The highest BCUT2D eigenvalue weighted by molar-refractivity contribution is 9.11. The smallest absolute Gasteiger partial charge is 0.323 e. The molecule has 0 fully saturated rings. The van der Waals surface area contributed by atoms with Gasteiger partial charge in [0.1, 0.15) is 0 Å². The highest BCUT2D eigenvalue weighted by atomic mass is 79.9. The highest BCUT2D eigenvalue weighted by Gasteiger charge is 2.47. The van der Waals surface area contributed by atoms with Crippen LogP contribution in [0.3, 0.4) is 0 Å². The van der Waals surface area contributed by atoms with Crippen LogP contribution < -0.4 is 0 Å². The summed E-state index contributed by atoms with van der Waals surface area (Å²) in [6.07, 6.45) is 0.650. The minimum atomic E-state index is -1.25. The van der Waals surface area contributed by atoms with Gasteiger partial charge in [0.05, 0.1) is 17.0 Å². The maximum absolute atomic E-state index is 12.3. The number of rotatable bonds is 7. The zero-order valence-electron chi connectivity index (χ0n) is 11.9. The minimum absolute atomic E-state index is 0.244. The van der Waals surface area contributed by atoms with Gasteiger partial charge in [-0.1, -0.05) is 6.92 Å². The van der Waals surface area contributed by atoms with E-state index >= 15 is 0 Å². The molecule has 1 aromatic rings. The van der Waals surface area contributed by atoms with Gasteiger partial charge in [-0.15, -0.1) is 11.3 Å². The Balaban J connectivity index is 3.09. The molecule has 0 saturated carbocycles. The van der Waals surface area contributed by atoms with E-state index in [9.17, 15) is 9.59 Å². The van der Waals surface area contributed by atoms with Crippen LogP contribution in [0.25, 0.3) is 0 Å².